The molecule has 1 aromatic rings. The lowest BCUT2D eigenvalue weighted by molar-refractivity contribution is -0.384. The highest BCUT2D eigenvalue weighted by Gasteiger charge is 2.54. The van der Waals surface area contributed by atoms with Crippen LogP contribution in [0.5, 0.6) is 0 Å². The zero-order valence-electron chi connectivity index (χ0n) is 12.5. The number of carbonyl (C=O) groups excluding carboxylic acids is 2. The Kier molecular flexibility index (Phi) is 2.98. The predicted octanol–water partition coefficient (Wildman–Crippen LogP) is 2.84. The van der Waals surface area contributed by atoms with E-state index in [0.717, 1.165) is 4.90 Å². The summed E-state index contributed by atoms with van der Waals surface area (Å²) < 4.78 is 5.28. The summed E-state index contributed by atoms with van der Waals surface area (Å²) in [7, 11) is 0. The molecule has 0 aromatic heterocycles. The van der Waals surface area contributed by atoms with Gasteiger partial charge in [-0.1, -0.05) is 0 Å². The number of fused-ring (bicyclic) bond motifs is 3. The first-order valence-electron chi connectivity index (χ1n) is 7.04. The van der Waals surface area contributed by atoms with E-state index in [2.05, 4.69) is 0 Å². The van der Waals surface area contributed by atoms with Crippen LogP contribution in [0.15, 0.2) is 18.2 Å². The third-order valence-corrected chi connectivity index (χ3v) is 3.77. The number of nitro groups is 1. The Labute approximate surface area is 127 Å². The van der Waals surface area contributed by atoms with Crippen LogP contribution in [-0.2, 0) is 4.74 Å². The molecule has 116 valence electrons. The zero-order valence-corrected chi connectivity index (χ0v) is 12.5. The molecule has 2 aliphatic rings. The molecule has 0 bridgehead atoms. The van der Waals surface area contributed by atoms with Crippen LogP contribution in [0, 0.1) is 10.1 Å². The smallest absolute Gasteiger partial charge is 0.417 e. The summed E-state index contributed by atoms with van der Waals surface area (Å²) in [5, 5.41) is 10.9. The first-order valence-corrected chi connectivity index (χ1v) is 7.04. The molecule has 3 rings (SSSR count). The first-order chi connectivity index (χ1) is 10.2. The molecule has 2 unspecified atom stereocenters. The van der Waals surface area contributed by atoms with Crippen molar-refractivity contribution < 1.29 is 19.2 Å². The maximum atomic E-state index is 12.5. The zero-order chi connectivity index (χ0) is 16.2. The Morgan fingerprint density at radius 2 is 2.09 bits per heavy atom. The summed E-state index contributed by atoms with van der Waals surface area (Å²) in [4.78, 5) is 36.3. The molecule has 0 spiro atoms. The minimum atomic E-state index is -0.683. The highest BCUT2D eigenvalue weighted by molar-refractivity contribution is 6.06. The van der Waals surface area contributed by atoms with Crippen LogP contribution in [-0.4, -0.2) is 33.5 Å². The number of ether oxygens (including phenoxy) is 1. The number of carbonyl (C=O) groups is 2. The van der Waals surface area contributed by atoms with Crippen LogP contribution < -0.4 is 0 Å². The molecule has 0 saturated heterocycles. The van der Waals surface area contributed by atoms with Gasteiger partial charge in [0.05, 0.1) is 11.0 Å². The first kappa shape index (κ1) is 14.5. The molecule has 2 atom stereocenters. The Hall–Kier alpha value is -2.44. The van der Waals surface area contributed by atoms with Gasteiger partial charge in [-0.25, -0.2) is 9.69 Å². The van der Waals surface area contributed by atoms with Gasteiger partial charge in [-0.05, 0) is 38.8 Å². The van der Waals surface area contributed by atoms with Crippen LogP contribution >= 0.6 is 0 Å². The lowest BCUT2D eigenvalue weighted by Crippen LogP contribution is -2.44. The van der Waals surface area contributed by atoms with E-state index in [9.17, 15) is 19.7 Å². The number of nitro benzene ring substituents is 1. The fraction of sp³-hybridized carbons (Fsp3) is 0.467. The SMILES string of the molecule is CC(C)(C)OC(=O)N1C(=O)c2ccc([N+](=O)[O-])cc2C2CC21. The van der Waals surface area contributed by atoms with E-state index in [4.69, 9.17) is 4.74 Å². The van der Waals surface area contributed by atoms with Crippen LogP contribution in [0.25, 0.3) is 0 Å². The molecular formula is C15H16N2O5. The minimum Gasteiger partial charge on any atom is -0.443 e. The second kappa shape index (κ2) is 4.53. The molecule has 7 nitrogen and oxygen atoms in total. The van der Waals surface area contributed by atoms with E-state index in [1.165, 1.54) is 18.2 Å². The second-order valence-electron chi connectivity index (χ2n) is 6.59. The van der Waals surface area contributed by atoms with Crippen molar-refractivity contribution in [2.45, 2.75) is 44.8 Å². The van der Waals surface area contributed by atoms with Crippen LogP contribution in [0.4, 0.5) is 10.5 Å². The van der Waals surface area contributed by atoms with Crippen LogP contribution in [0.1, 0.15) is 49.0 Å². The summed E-state index contributed by atoms with van der Waals surface area (Å²) in [6.07, 6.45) is -0.0342. The summed E-state index contributed by atoms with van der Waals surface area (Å²) in [6.45, 7) is 5.21. The van der Waals surface area contributed by atoms with Gasteiger partial charge in [-0.15, -0.1) is 0 Å². The second-order valence-corrected chi connectivity index (χ2v) is 6.59. The van der Waals surface area contributed by atoms with Gasteiger partial charge in [-0.3, -0.25) is 14.9 Å². The fourth-order valence-electron chi connectivity index (χ4n) is 2.78. The number of nitrogens with zero attached hydrogens (tertiary/aromatic N) is 2. The van der Waals surface area contributed by atoms with Crippen molar-refractivity contribution in [3.8, 4) is 0 Å². The van der Waals surface area contributed by atoms with Crippen molar-refractivity contribution in [2.75, 3.05) is 0 Å². The molecular weight excluding hydrogens is 288 g/mol. The molecule has 2 amide bonds. The van der Waals surface area contributed by atoms with Gasteiger partial charge in [0.2, 0.25) is 0 Å². The molecule has 1 aliphatic carbocycles. The normalized spacial score (nSPS) is 22.7. The number of rotatable bonds is 1. The van der Waals surface area contributed by atoms with E-state index in [0.29, 0.717) is 17.5 Å². The Balaban J connectivity index is 1.93. The number of non-ortho nitro benzene ring substituents is 1. The molecule has 1 saturated carbocycles. The van der Waals surface area contributed by atoms with Gasteiger partial charge in [-0.2, -0.15) is 0 Å². The number of hydrogen-bond acceptors (Lipinski definition) is 5. The lowest BCUT2D eigenvalue weighted by atomic mass is 9.98. The van der Waals surface area contributed by atoms with Gasteiger partial charge in [0.1, 0.15) is 5.60 Å². The van der Waals surface area contributed by atoms with E-state index in [1.54, 1.807) is 20.8 Å². The van der Waals surface area contributed by atoms with E-state index < -0.39 is 22.5 Å². The average molecular weight is 304 g/mol. The Morgan fingerprint density at radius 3 is 2.68 bits per heavy atom. The minimum absolute atomic E-state index is 0.0277. The molecule has 1 aromatic carbocycles. The standard InChI is InChI=1S/C15H16N2O5/c1-15(2,3)22-14(19)16-12-7-11(12)10-6-8(17(20)21)4-5-9(10)13(16)18/h4-6,11-12H,7H2,1-3H3. The third-order valence-electron chi connectivity index (χ3n) is 3.77. The van der Waals surface area contributed by atoms with Gasteiger partial charge in [0, 0.05) is 23.6 Å². The maximum absolute atomic E-state index is 12.5. The Morgan fingerprint density at radius 1 is 1.41 bits per heavy atom. The van der Waals surface area contributed by atoms with Crippen molar-refractivity contribution in [3.63, 3.8) is 0 Å². The quantitative estimate of drug-likeness (QED) is 0.588. The van der Waals surface area contributed by atoms with E-state index >= 15 is 0 Å². The highest BCUT2D eigenvalue weighted by Crippen LogP contribution is 2.51. The van der Waals surface area contributed by atoms with Crippen molar-refractivity contribution in [2.24, 2.45) is 0 Å². The van der Waals surface area contributed by atoms with Crippen molar-refractivity contribution in [1.82, 2.24) is 4.90 Å². The fourth-order valence-corrected chi connectivity index (χ4v) is 2.78. The van der Waals surface area contributed by atoms with Gasteiger partial charge in [0.25, 0.3) is 11.6 Å². The number of imide groups is 1. The van der Waals surface area contributed by atoms with Crippen LogP contribution in [0.3, 0.4) is 0 Å². The van der Waals surface area contributed by atoms with Crippen molar-refractivity contribution >= 4 is 17.7 Å². The third kappa shape index (κ3) is 2.32. The number of hydrogen-bond donors (Lipinski definition) is 0. The summed E-state index contributed by atoms with van der Waals surface area (Å²) in [6, 6.07) is 3.88. The summed E-state index contributed by atoms with van der Waals surface area (Å²) in [5.41, 5.74) is 0.277. The van der Waals surface area contributed by atoms with E-state index in [1.807, 2.05) is 0 Å². The molecule has 1 fully saturated rings. The van der Waals surface area contributed by atoms with Crippen molar-refractivity contribution in [3.05, 3.63) is 39.4 Å². The largest absolute Gasteiger partial charge is 0.443 e. The average Bonchev–Trinajstić information content (AvgIpc) is 3.16. The summed E-state index contributed by atoms with van der Waals surface area (Å²) >= 11 is 0. The maximum Gasteiger partial charge on any atom is 0.417 e. The molecule has 0 radical (unpaired) electrons. The Bertz CT molecular complexity index is 692. The topological polar surface area (TPSA) is 89.8 Å². The molecule has 1 heterocycles. The highest BCUT2D eigenvalue weighted by atomic mass is 16.6. The summed E-state index contributed by atoms with van der Waals surface area (Å²) in [5.74, 6) is -0.474. The molecule has 1 aliphatic heterocycles. The number of benzene rings is 1. The number of amides is 2. The van der Waals surface area contributed by atoms with Gasteiger partial charge < -0.3 is 4.74 Å². The van der Waals surface area contributed by atoms with Crippen LogP contribution in [0.2, 0.25) is 0 Å². The van der Waals surface area contributed by atoms with E-state index in [-0.39, 0.29) is 17.6 Å². The predicted molar refractivity (Wildman–Crippen MR) is 76.6 cm³/mol. The van der Waals surface area contributed by atoms with Gasteiger partial charge >= 0.3 is 6.09 Å². The van der Waals surface area contributed by atoms with Crippen molar-refractivity contribution in [1.29, 1.82) is 0 Å². The monoisotopic (exact) mass is 304 g/mol. The molecule has 22 heavy (non-hydrogen) atoms. The molecule has 7 heteroatoms. The van der Waals surface area contributed by atoms with Gasteiger partial charge in [0.15, 0.2) is 0 Å². The lowest BCUT2D eigenvalue weighted by Gasteiger charge is -2.29. The molecule has 0 N–H and O–H groups in total.